The lowest BCUT2D eigenvalue weighted by Crippen LogP contribution is -2.62. The van der Waals surface area contributed by atoms with Gasteiger partial charge in [0, 0.05) is 24.7 Å². The molecule has 3 aromatic rings. The number of carbonyl (C=O) groups excluding carboxylic acids is 7. The quantitative estimate of drug-likeness (QED) is 0.0167. The number of rotatable bonds is 31. The minimum absolute atomic E-state index is 0.00433. The highest BCUT2D eigenvalue weighted by Gasteiger charge is 2.40. The summed E-state index contributed by atoms with van der Waals surface area (Å²) < 4.78 is 4.73. The van der Waals surface area contributed by atoms with Crippen molar-refractivity contribution >= 4 is 55.5 Å². The summed E-state index contributed by atoms with van der Waals surface area (Å²) in [6, 6.07) is 0.00895. The molecule has 0 aliphatic carbocycles. The number of hydrogen-bond donors (Lipinski definition) is 18. The number of nitrogens with one attached hydrogen (secondary N) is 9. The highest BCUT2D eigenvalue weighted by molar-refractivity contribution is 7.53. The van der Waals surface area contributed by atoms with Crippen molar-refractivity contribution in [3.05, 3.63) is 77.9 Å². The molecule has 0 spiro atoms. The summed E-state index contributed by atoms with van der Waals surface area (Å²) >= 11 is 0. The van der Waals surface area contributed by atoms with Gasteiger partial charge in [-0.1, -0.05) is 52.0 Å². The van der Waals surface area contributed by atoms with Gasteiger partial charge in [0.2, 0.25) is 41.4 Å². The van der Waals surface area contributed by atoms with E-state index in [1.54, 1.807) is 26.0 Å². The van der Waals surface area contributed by atoms with E-state index in [4.69, 9.17) is 21.7 Å². The smallest absolute Gasteiger partial charge is 0.508 e. The second-order valence-corrected chi connectivity index (χ2v) is 19.6. The third-order valence-corrected chi connectivity index (χ3v) is 11.8. The molecule has 0 aliphatic heterocycles. The van der Waals surface area contributed by atoms with Crippen molar-refractivity contribution in [3.63, 3.8) is 0 Å². The molecule has 0 saturated heterocycles. The lowest BCUT2D eigenvalue weighted by atomic mass is 9.98. The Hall–Kier alpha value is -6.88. The lowest BCUT2D eigenvalue weighted by molar-refractivity contribution is -0.141. The fraction of sp³-hybridized carbons (Fsp3) is 0.500. The Morgan fingerprint density at radius 3 is 1.56 bits per heavy atom. The average Bonchev–Trinajstić information content (AvgIpc) is 3.85. The number of aromatic nitrogens is 2. The molecule has 1 aromatic heterocycles. The van der Waals surface area contributed by atoms with Crippen LogP contribution in [0.15, 0.2) is 61.1 Å². The van der Waals surface area contributed by atoms with Gasteiger partial charge in [-0.3, -0.25) is 43.7 Å². The first kappa shape index (κ1) is 62.4. The van der Waals surface area contributed by atoms with Gasteiger partial charge in [0.25, 0.3) is 0 Å². The molecule has 29 heteroatoms. The van der Waals surface area contributed by atoms with Crippen LogP contribution in [0, 0.1) is 11.8 Å². The zero-order valence-corrected chi connectivity index (χ0v) is 43.0. The van der Waals surface area contributed by atoms with Crippen LogP contribution < -0.4 is 59.7 Å². The molecular formula is C46H71N13O15P+. The van der Waals surface area contributed by atoms with Gasteiger partial charge in [0.15, 0.2) is 0 Å². The number of nitrogens with zero attached hydrogens (tertiary/aromatic N) is 1. The summed E-state index contributed by atoms with van der Waals surface area (Å²) in [6.07, 6.45) is 1.47. The normalized spacial score (nSPS) is 14.8. The van der Waals surface area contributed by atoms with Crippen LogP contribution in [0.4, 0.5) is 0 Å². The lowest BCUT2D eigenvalue weighted by Gasteiger charge is -2.30. The van der Waals surface area contributed by atoms with Gasteiger partial charge in [-0.05, 0) is 80.0 Å². The van der Waals surface area contributed by atoms with Crippen molar-refractivity contribution in [2.45, 2.75) is 121 Å². The Morgan fingerprint density at radius 2 is 1.05 bits per heavy atom. The summed E-state index contributed by atoms with van der Waals surface area (Å²) in [6.45, 7) is 6.54. The summed E-state index contributed by atoms with van der Waals surface area (Å²) in [5.41, 5.74) is 18.8. The van der Waals surface area contributed by atoms with E-state index in [0.29, 0.717) is 16.8 Å². The number of carboxylic acid groups (broad SMARTS) is 1. The predicted molar refractivity (Wildman–Crippen MR) is 269 cm³/mol. The van der Waals surface area contributed by atoms with Gasteiger partial charge in [0.05, 0.1) is 12.4 Å². The molecule has 0 aliphatic rings. The number of amides is 7. The Balaban J connectivity index is 1.87. The number of aromatic hydroxyl groups is 2. The number of carbonyl (C=O) groups is 8. The number of aliphatic carboxylic acids is 1. The van der Waals surface area contributed by atoms with Crippen LogP contribution in [0.5, 0.6) is 11.5 Å². The maximum atomic E-state index is 14.2. The van der Waals surface area contributed by atoms with E-state index >= 15 is 0 Å². The molecule has 0 radical (unpaired) electrons. The van der Waals surface area contributed by atoms with Gasteiger partial charge in [0.1, 0.15) is 66.7 Å². The molecule has 0 bridgehead atoms. The maximum Gasteiger partial charge on any atom is 0.567 e. The number of hydrogen-bond acceptors (Lipinski definition) is 19. The van der Waals surface area contributed by atoms with Crippen molar-refractivity contribution in [1.29, 1.82) is 0 Å². The molecule has 0 saturated carbocycles. The van der Waals surface area contributed by atoms with E-state index < -0.39 is 129 Å². The highest BCUT2D eigenvalue weighted by atomic mass is 31.2. The summed E-state index contributed by atoms with van der Waals surface area (Å²) in [5, 5.41) is 49.1. The van der Waals surface area contributed by atoms with E-state index in [-0.39, 0.29) is 50.1 Å². The number of carboxylic acids is 1. The fourth-order valence-corrected chi connectivity index (χ4v) is 7.46. The number of H-pyrrole nitrogens is 1. The van der Waals surface area contributed by atoms with Gasteiger partial charge in [-0.25, -0.2) is 4.98 Å². The van der Waals surface area contributed by atoms with E-state index in [1.165, 1.54) is 69.7 Å². The zero-order chi connectivity index (χ0) is 56.2. The molecule has 0 unspecified atom stereocenters. The topological polar surface area (TPSA) is 470 Å². The van der Waals surface area contributed by atoms with Crippen LogP contribution in [-0.2, 0) is 62.1 Å². The van der Waals surface area contributed by atoms with Gasteiger partial charge in [-0.2, -0.15) is 19.2 Å². The SMILES string of the molecule is CC(C)[C@H](NC(=O)[C@H](CO[P+](O)(O)O)NC(=O)[C@H](Cc1cnc[nH]1)NC(=O)[C@@H](N)Cc1ccc(O)cc1)C(=O)N[C@H](C(=O)N[C@@H](CCCNC(N)N)C(=O)N[C@@H](Cc1ccc(O)cc1)C(=O)N[C@@H](C)C(=O)O)C(C)C. The van der Waals surface area contributed by atoms with Gasteiger partial charge >= 0.3 is 14.1 Å². The van der Waals surface area contributed by atoms with Crippen LogP contribution in [0.2, 0.25) is 0 Å². The summed E-state index contributed by atoms with van der Waals surface area (Å²) in [5.74, 6) is -9.40. The van der Waals surface area contributed by atoms with Crippen LogP contribution in [0.25, 0.3) is 0 Å². The third-order valence-electron chi connectivity index (χ3n) is 11.3. The fourth-order valence-electron chi connectivity index (χ4n) is 7.11. The van der Waals surface area contributed by atoms with Crippen LogP contribution in [0.1, 0.15) is 64.3 Å². The molecule has 8 atom stereocenters. The molecule has 75 heavy (non-hydrogen) atoms. The van der Waals surface area contributed by atoms with Crippen molar-refractivity contribution < 1.29 is 72.9 Å². The molecule has 28 nitrogen and oxygen atoms in total. The molecular weight excluding hydrogens is 1010 g/mol. The van der Waals surface area contributed by atoms with E-state index in [9.17, 15) is 68.4 Å². The zero-order valence-electron chi connectivity index (χ0n) is 42.1. The van der Waals surface area contributed by atoms with Crippen LogP contribution in [0.3, 0.4) is 0 Å². The first-order chi connectivity index (χ1) is 35.1. The maximum absolute atomic E-state index is 14.2. The summed E-state index contributed by atoms with van der Waals surface area (Å²) in [7, 11) is -5.04. The summed E-state index contributed by atoms with van der Waals surface area (Å²) in [4.78, 5) is 144. The van der Waals surface area contributed by atoms with Gasteiger partial charge in [-0.15, -0.1) is 0 Å². The standard InChI is InChI=1S/C46H70N13O15P/c1-23(2)36(43(67)54-32(7-6-16-51-46(48)49)39(63)56-33(40(64)53-25(5)45(69)70)18-27-10-14-30(61)15-11-27)59-44(68)37(24(3)4)58-42(66)35(21-74-75(71,72)73)57-41(65)34(19-28-20-50-22-52-28)55-38(62)31(47)17-26-8-12-29(60)13-9-26/h8-15,20,22-25,31-37,46,51,71-73H,6-7,16-19,21,47-49H2,1-5H3,(H10-,50,52,53,54,55,56,57,58,59,60,61,62,63,64,65,66,67,68,69,70)/p+1/t25-,31-,32-,33-,34-,35-,36-,37-/m0/s1. The van der Waals surface area contributed by atoms with Crippen molar-refractivity contribution in [2.24, 2.45) is 29.0 Å². The molecule has 414 valence electrons. The Kier molecular flexibility index (Phi) is 24.9. The molecule has 7 amide bonds. The number of imidazole rings is 1. The Bertz CT molecular complexity index is 2360. The molecule has 2 aromatic carbocycles. The van der Waals surface area contributed by atoms with Crippen molar-refractivity contribution in [2.75, 3.05) is 13.2 Å². The average molecular weight is 1080 g/mol. The van der Waals surface area contributed by atoms with E-state index in [0.717, 1.165) is 0 Å². The largest absolute Gasteiger partial charge is 0.567 e. The van der Waals surface area contributed by atoms with E-state index in [2.05, 4.69) is 52.5 Å². The molecule has 21 N–H and O–H groups in total. The van der Waals surface area contributed by atoms with Crippen LogP contribution >= 0.6 is 8.17 Å². The first-order valence-corrected chi connectivity index (χ1v) is 25.3. The molecule has 3 rings (SSSR count). The van der Waals surface area contributed by atoms with Crippen molar-refractivity contribution in [1.82, 2.24) is 52.5 Å². The first-order valence-electron chi connectivity index (χ1n) is 23.7. The number of aromatic amines is 1. The number of benzene rings is 2. The third kappa shape index (κ3) is 22.2. The molecule has 0 fully saturated rings. The Morgan fingerprint density at radius 1 is 0.600 bits per heavy atom. The monoisotopic (exact) mass is 1080 g/mol. The second-order valence-electron chi connectivity index (χ2n) is 18.3. The predicted octanol–water partition coefficient (Wildman–Crippen LogP) is -3.77. The second kappa shape index (κ2) is 29.9. The van der Waals surface area contributed by atoms with Crippen molar-refractivity contribution in [3.8, 4) is 11.5 Å². The number of phenolic OH excluding ortho intramolecular Hbond substituents is 2. The Labute approximate surface area is 432 Å². The minimum Gasteiger partial charge on any atom is -0.508 e. The molecule has 1 heterocycles. The van der Waals surface area contributed by atoms with Gasteiger partial charge < -0.3 is 74.7 Å². The number of nitrogens with two attached hydrogens (primary N) is 3. The van der Waals surface area contributed by atoms with Crippen LogP contribution in [-0.4, -0.2) is 155 Å². The minimum atomic E-state index is -5.04. The number of phenols is 2. The highest BCUT2D eigenvalue weighted by Crippen LogP contribution is 2.45. The van der Waals surface area contributed by atoms with E-state index in [1.807, 2.05) is 0 Å².